The predicted octanol–water partition coefficient (Wildman–Crippen LogP) is 4.03. The molecule has 1 amide bonds. The third-order valence-corrected chi connectivity index (χ3v) is 4.47. The van der Waals surface area contributed by atoms with Crippen LogP contribution in [0.2, 0.25) is 10.0 Å². The number of ether oxygens (including phenoxy) is 1. The van der Waals surface area contributed by atoms with E-state index in [1.165, 1.54) is 4.90 Å². The van der Waals surface area contributed by atoms with E-state index in [4.69, 9.17) is 27.9 Å². The van der Waals surface area contributed by atoms with Crippen LogP contribution >= 0.6 is 23.2 Å². The molecule has 0 spiro atoms. The summed E-state index contributed by atoms with van der Waals surface area (Å²) in [6.07, 6.45) is 0. The molecule has 0 bridgehead atoms. The predicted molar refractivity (Wildman–Crippen MR) is 105 cm³/mol. The molecule has 27 heavy (non-hydrogen) atoms. The summed E-state index contributed by atoms with van der Waals surface area (Å²) < 4.78 is 7.18. The average molecular weight is 405 g/mol. The van der Waals surface area contributed by atoms with Crippen LogP contribution in [-0.2, 0) is 0 Å². The van der Waals surface area contributed by atoms with Crippen molar-refractivity contribution in [1.29, 1.82) is 0 Å². The summed E-state index contributed by atoms with van der Waals surface area (Å²) in [6, 6.07) is 14.3. The quantitative estimate of drug-likeness (QED) is 0.621. The van der Waals surface area contributed by atoms with E-state index in [9.17, 15) is 4.79 Å². The lowest BCUT2D eigenvalue weighted by atomic mass is 10.3. The van der Waals surface area contributed by atoms with Crippen molar-refractivity contribution in [3.8, 4) is 11.4 Å². The zero-order valence-corrected chi connectivity index (χ0v) is 16.4. The molecule has 1 aromatic heterocycles. The van der Waals surface area contributed by atoms with Gasteiger partial charge in [0.25, 0.3) is 5.91 Å². The van der Waals surface area contributed by atoms with E-state index >= 15 is 0 Å². The van der Waals surface area contributed by atoms with Crippen LogP contribution in [0.3, 0.4) is 0 Å². The SMILES string of the molecule is Cc1nc(C(=O)N(C)CCOc2ccc(Cl)cc2)nn1-c1ccccc1Cl. The zero-order chi connectivity index (χ0) is 19.4. The topological polar surface area (TPSA) is 60.3 Å². The second-order valence-corrected chi connectivity index (χ2v) is 6.72. The number of aryl methyl sites for hydroxylation is 1. The molecule has 0 N–H and O–H groups in total. The standard InChI is InChI=1S/C19H18Cl2N4O2/c1-13-22-18(23-25(13)17-6-4-3-5-16(17)21)19(26)24(2)11-12-27-15-9-7-14(20)8-10-15/h3-10H,11-12H2,1-2H3. The second-order valence-electron chi connectivity index (χ2n) is 5.87. The molecule has 0 radical (unpaired) electrons. The van der Waals surface area contributed by atoms with E-state index in [0.29, 0.717) is 40.5 Å². The summed E-state index contributed by atoms with van der Waals surface area (Å²) in [5, 5.41) is 5.49. The van der Waals surface area contributed by atoms with Gasteiger partial charge in [-0.05, 0) is 43.3 Å². The Kier molecular flexibility index (Phi) is 5.98. The van der Waals surface area contributed by atoms with Crippen molar-refractivity contribution in [1.82, 2.24) is 19.7 Å². The van der Waals surface area contributed by atoms with Gasteiger partial charge in [-0.15, -0.1) is 5.10 Å². The van der Waals surface area contributed by atoms with Crippen LogP contribution in [0.4, 0.5) is 0 Å². The van der Waals surface area contributed by atoms with Crippen LogP contribution in [0.25, 0.3) is 5.69 Å². The molecule has 1 heterocycles. The molecule has 0 aliphatic carbocycles. The van der Waals surface area contributed by atoms with Crippen molar-refractivity contribution in [3.05, 3.63) is 70.2 Å². The largest absolute Gasteiger partial charge is 0.492 e. The maximum Gasteiger partial charge on any atom is 0.293 e. The molecule has 8 heteroatoms. The minimum atomic E-state index is -0.288. The lowest BCUT2D eigenvalue weighted by molar-refractivity contribution is 0.0762. The number of likely N-dealkylation sites (N-methyl/N-ethyl adjacent to an activating group) is 1. The number of carbonyl (C=O) groups excluding carboxylic acids is 1. The highest BCUT2D eigenvalue weighted by Crippen LogP contribution is 2.20. The Morgan fingerprint density at radius 1 is 1.15 bits per heavy atom. The van der Waals surface area contributed by atoms with Gasteiger partial charge in [0.2, 0.25) is 5.82 Å². The molecule has 0 aliphatic rings. The van der Waals surface area contributed by atoms with Crippen molar-refractivity contribution in [2.75, 3.05) is 20.2 Å². The van der Waals surface area contributed by atoms with Crippen LogP contribution < -0.4 is 4.74 Å². The smallest absolute Gasteiger partial charge is 0.293 e. The molecule has 0 saturated carbocycles. The summed E-state index contributed by atoms with van der Waals surface area (Å²) in [5.41, 5.74) is 0.678. The van der Waals surface area contributed by atoms with Gasteiger partial charge in [-0.1, -0.05) is 35.3 Å². The van der Waals surface area contributed by atoms with E-state index in [1.807, 2.05) is 18.2 Å². The van der Waals surface area contributed by atoms with Crippen LogP contribution in [0, 0.1) is 6.92 Å². The number of carbonyl (C=O) groups is 1. The minimum Gasteiger partial charge on any atom is -0.492 e. The Bertz CT molecular complexity index is 941. The molecular weight excluding hydrogens is 387 g/mol. The number of aromatic nitrogens is 3. The molecular formula is C19H18Cl2N4O2. The lowest BCUT2D eigenvalue weighted by Crippen LogP contribution is -2.31. The first-order valence-electron chi connectivity index (χ1n) is 8.28. The van der Waals surface area contributed by atoms with Crippen molar-refractivity contribution in [2.45, 2.75) is 6.92 Å². The fourth-order valence-corrected chi connectivity index (χ4v) is 2.78. The number of rotatable bonds is 6. The number of nitrogens with zero attached hydrogens (tertiary/aromatic N) is 4. The second kappa shape index (κ2) is 8.41. The molecule has 0 aliphatic heterocycles. The summed E-state index contributed by atoms with van der Waals surface area (Å²) in [6.45, 7) is 2.51. The van der Waals surface area contributed by atoms with E-state index in [0.717, 1.165) is 0 Å². The van der Waals surface area contributed by atoms with E-state index < -0.39 is 0 Å². The summed E-state index contributed by atoms with van der Waals surface area (Å²) in [7, 11) is 1.68. The molecule has 3 aromatic rings. The van der Waals surface area contributed by atoms with Crippen LogP contribution in [-0.4, -0.2) is 45.8 Å². The molecule has 0 unspecified atom stereocenters. The third-order valence-electron chi connectivity index (χ3n) is 3.90. The molecule has 0 saturated heterocycles. The Balaban J connectivity index is 1.64. The van der Waals surface area contributed by atoms with Gasteiger partial charge >= 0.3 is 0 Å². The van der Waals surface area contributed by atoms with E-state index in [1.54, 1.807) is 49.0 Å². The van der Waals surface area contributed by atoms with Crippen LogP contribution in [0.1, 0.15) is 16.4 Å². The average Bonchev–Trinajstić information content (AvgIpc) is 3.04. The fraction of sp³-hybridized carbons (Fsp3) is 0.211. The van der Waals surface area contributed by atoms with Crippen LogP contribution in [0.5, 0.6) is 5.75 Å². The van der Waals surface area contributed by atoms with Crippen molar-refractivity contribution >= 4 is 29.1 Å². The van der Waals surface area contributed by atoms with Crippen molar-refractivity contribution < 1.29 is 9.53 Å². The van der Waals surface area contributed by atoms with Gasteiger partial charge in [-0.25, -0.2) is 9.67 Å². The van der Waals surface area contributed by atoms with Crippen molar-refractivity contribution in [2.24, 2.45) is 0 Å². The molecule has 0 atom stereocenters. The van der Waals surface area contributed by atoms with Crippen LogP contribution in [0.15, 0.2) is 48.5 Å². The van der Waals surface area contributed by atoms with Gasteiger partial charge in [0.1, 0.15) is 18.2 Å². The number of benzene rings is 2. The Morgan fingerprint density at radius 2 is 1.85 bits per heavy atom. The molecule has 140 valence electrons. The third kappa shape index (κ3) is 4.59. The molecule has 6 nitrogen and oxygen atoms in total. The van der Waals surface area contributed by atoms with Gasteiger partial charge in [0, 0.05) is 12.1 Å². The van der Waals surface area contributed by atoms with Gasteiger partial charge in [-0.3, -0.25) is 4.79 Å². The number of para-hydroxylation sites is 1. The highest BCUT2D eigenvalue weighted by molar-refractivity contribution is 6.32. The molecule has 3 rings (SSSR count). The first kappa shape index (κ1) is 19.2. The number of hydrogen-bond acceptors (Lipinski definition) is 4. The normalized spacial score (nSPS) is 10.7. The Morgan fingerprint density at radius 3 is 2.56 bits per heavy atom. The maximum atomic E-state index is 12.6. The first-order valence-corrected chi connectivity index (χ1v) is 9.03. The first-order chi connectivity index (χ1) is 13.0. The molecule has 0 fully saturated rings. The van der Waals surface area contributed by atoms with E-state index in [-0.39, 0.29) is 11.7 Å². The Hall–Kier alpha value is -2.57. The maximum absolute atomic E-state index is 12.6. The summed E-state index contributed by atoms with van der Waals surface area (Å²) in [4.78, 5) is 18.4. The molecule has 2 aromatic carbocycles. The number of amides is 1. The zero-order valence-electron chi connectivity index (χ0n) is 14.9. The number of halogens is 2. The van der Waals surface area contributed by atoms with E-state index in [2.05, 4.69) is 10.1 Å². The fourth-order valence-electron chi connectivity index (χ4n) is 2.44. The van der Waals surface area contributed by atoms with Gasteiger partial charge in [0.15, 0.2) is 0 Å². The highest BCUT2D eigenvalue weighted by Gasteiger charge is 2.19. The summed E-state index contributed by atoms with van der Waals surface area (Å²) >= 11 is 12.1. The lowest BCUT2D eigenvalue weighted by Gasteiger charge is -2.15. The van der Waals surface area contributed by atoms with Gasteiger partial charge < -0.3 is 9.64 Å². The van der Waals surface area contributed by atoms with Gasteiger partial charge in [0.05, 0.1) is 17.3 Å². The Labute approximate surface area is 167 Å². The van der Waals surface area contributed by atoms with Crippen molar-refractivity contribution in [3.63, 3.8) is 0 Å². The minimum absolute atomic E-state index is 0.112. The number of hydrogen-bond donors (Lipinski definition) is 0. The monoisotopic (exact) mass is 404 g/mol. The van der Waals surface area contributed by atoms with Gasteiger partial charge in [-0.2, -0.15) is 0 Å². The highest BCUT2D eigenvalue weighted by atomic mass is 35.5. The summed E-state index contributed by atoms with van der Waals surface area (Å²) in [5.74, 6) is 1.10.